The summed E-state index contributed by atoms with van der Waals surface area (Å²) < 4.78 is 5.25. The van der Waals surface area contributed by atoms with Crippen LogP contribution in [0.25, 0.3) is 108 Å². The van der Waals surface area contributed by atoms with Crippen molar-refractivity contribution in [1.82, 2.24) is 0 Å². The lowest BCUT2D eigenvalue weighted by Crippen LogP contribution is -2.16. The number of nitrogens with zero attached hydrogens (tertiary/aromatic N) is 2. The summed E-state index contributed by atoms with van der Waals surface area (Å²) >= 11 is 3.73. The SMILES string of the molecule is CC1(C)c2cc(/C=C/c3ccc(/C=C/c4ccc5c(c4)C(C)(C)c4cc(N(c6ccc7ccccc7c6)c6ccc7sc8ccccc8c7c6)ccc4-5)cc3)ccc2-c2ccc(N(c3ccc4ccccc4c3)c3ccc4sc5ccccc5c4c3)cc21. The van der Waals surface area contributed by atoms with Crippen LogP contribution < -0.4 is 9.80 Å². The zero-order chi connectivity index (χ0) is 58.8. The van der Waals surface area contributed by atoms with Gasteiger partial charge in [-0.2, -0.15) is 0 Å². The summed E-state index contributed by atoms with van der Waals surface area (Å²) in [7, 11) is 0. The van der Waals surface area contributed by atoms with E-state index in [9.17, 15) is 0 Å². The highest BCUT2D eigenvalue weighted by molar-refractivity contribution is 7.26. The molecule has 2 nitrogen and oxygen atoms in total. The molecule has 418 valence electrons. The van der Waals surface area contributed by atoms with E-state index in [0.717, 1.165) is 34.1 Å². The molecule has 0 bridgehead atoms. The number of benzene rings is 13. The van der Waals surface area contributed by atoms with Gasteiger partial charge in [0, 0.05) is 85.3 Å². The first kappa shape index (κ1) is 52.2. The maximum absolute atomic E-state index is 2.45. The quantitative estimate of drug-likeness (QED) is 0.126. The molecule has 15 aromatic rings. The van der Waals surface area contributed by atoms with Gasteiger partial charge in [0.15, 0.2) is 0 Å². The van der Waals surface area contributed by atoms with Crippen LogP contribution in [0.5, 0.6) is 0 Å². The molecule has 0 saturated heterocycles. The van der Waals surface area contributed by atoms with Gasteiger partial charge in [-0.3, -0.25) is 0 Å². The third-order valence-electron chi connectivity index (χ3n) is 19.0. The first-order valence-corrected chi connectivity index (χ1v) is 32.1. The average Bonchev–Trinajstić information content (AvgIpc) is 2.43. The fraction of sp³-hybridized carbons (Fsp3) is 0.0714. The Labute approximate surface area is 521 Å². The Balaban J connectivity index is 0.620. The molecule has 0 aliphatic heterocycles. The zero-order valence-corrected chi connectivity index (χ0v) is 51.1. The lowest BCUT2D eigenvalue weighted by Gasteiger charge is -2.28. The van der Waals surface area contributed by atoms with Gasteiger partial charge in [0.2, 0.25) is 0 Å². The summed E-state index contributed by atoms with van der Waals surface area (Å²) in [5.41, 5.74) is 21.9. The van der Waals surface area contributed by atoms with Crippen molar-refractivity contribution in [2.45, 2.75) is 38.5 Å². The second kappa shape index (κ2) is 20.3. The van der Waals surface area contributed by atoms with Crippen LogP contribution in [-0.2, 0) is 10.8 Å². The third-order valence-corrected chi connectivity index (χ3v) is 21.3. The Morgan fingerprint density at radius 2 is 0.557 bits per heavy atom. The van der Waals surface area contributed by atoms with Crippen molar-refractivity contribution in [3.8, 4) is 22.3 Å². The minimum atomic E-state index is -0.207. The lowest BCUT2D eigenvalue weighted by atomic mass is 9.81. The van der Waals surface area contributed by atoms with Crippen molar-refractivity contribution >= 4 is 143 Å². The largest absolute Gasteiger partial charge is 0.310 e. The van der Waals surface area contributed by atoms with Gasteiger partial charge in [-0.1, -0.05) is 222 Å². The number of thiophene rings is 2. The minimum absolute atomic E-state index is 0.207. The lowest BCUT2D eigenvalue weighted by molar-refractivity contribution is 0.660. The first-order chi connectivity index (χ1) is 43.1. The molecule has 0 radical (unpaired) electrons. The van der Waals surface area contributed by atoms with Gasteiger partial charge < -0.3 is 9.80 Å². The van der Waals surface area contributed by atoms with Gasteiger partial charge >= 0.3 is 0 Å². The number of anilines is 6. The Kier molecular flexibility index (Phi) is 12.0. The summed E-state index contributed by atoms with van der Waals surface area (Å²) in [4.78, 5) is 4.90. The van der Waals surface area contributed by atoms with Crippen LogP contribution in [0.3, 0.4) is 0 Å². The van der Waals surface area contributed by atoms with E-state index in [1.165, 1.54) is 129 Å². The molecular formula is C84H60N2S2. The standard InChI is InChI=1S/C84H60N2S2/c1-83(2)75-45-55(29-39-67(75)69-41-35-65(51-77(69)83)85(61-33-31-57-13-5-7-15-59(57)47-61)63-37-43-81-73(49-63)71-17-9-11-19-79(71)87-81)27-25-53-21-23-54(24-22-53)26-28-56-30-40-68-70-42-36-66(52-78(70)84(3,4)76(68)46-56)86(62-34-32-58-14-6-8-16-60(58)48-62)64-38-44-82-74(50-64)72-18-10-12-20-80(72)88-82/h5-52H,1-4H3/b27-25+,28-26+. The van der Waals surface area contributed by atoms with Crippen LogP contribution in [0.2, 0.25) is 0 Å². The Morgan fingerprint density at radius 3 is 1.00 bits per heavy atom. The van der Waals surface area contributed by atoms with Gasteiger partial charge in [0.05, 0.1) is 0 Å². The van der Waals surface area contributed by atoms with Gasteiger partial charge in [0.25, 0.3) is 0 Å². The van der Waals surface area contributed by atoms with Crippen molar-refractivity contribution in [2.75, 3.05) is 9.80 Å². The van der Waals surface area contributed by atoms with Crippen molar-refractivity contribution in [3.63, 3.8) is 0 Å². The van der Waals surface area contributed by atoms with E-state index in [1.807, 2.05) is 22.7 Å². The highest BCUT2D eigenvalue weighted by Crippen LogP contribution is 2.54. The monoisotopic (exact) mass is 1160 g/mol. The molecule has 0 N–H and O–H groups in total. The molecular weight excluding hydrogens is 1100 g/mol. The van der Waals surface area contributed by atoms with Gasteiger partial charge in [-0.25, -0.2) is 0 Å². The zero-order valence-electron chi connectivity index (χ0n) is 49.4. The number of fused-ring (bicyclic) bond motifs is 14. The van der Waals surface area contributed by atoms with Gasteiger partial charge in [-0.15, -0.1) is 22.7 Å². The van der Waals surface area contributed by atoms with Gasteiger partial charge in [0.1, 0.15) is 0 Å². The van der Waals surface area contributed by atoms with E-state index in [-0.39, 0.29) is 10.8 Å². The highest BCUT2D eigenvalue weighted by atomic mass is 32.1. The Hall–Kier alpha value is -10.1. The average molecular weight is 1160 g/mol. The maximum atomic E-state index is 2.45. The normalized spacial score (nSPS) is 13.8. The van der Waals surface area contributed by atoms with Crippen LogP contribution in [0.1, 0.15) is 72.2 Å². The molecule has 0 saturated carbocycles. The fourth-order valence-electron chi connectivity index (χ4n) is 14.3. The van der Waals surface area contributed by atoms with Crippen LogP contribution in [0, 0.1) is 0 Å². The third kappa shape index (κ3) is 8.65. The summed E-state index contributed by atoms with van der Waals surface area (Å²) in [6.45, 7) is 9.55. The molecule has 4 heteroatoms. The van der Waals surface area contributed by atoms with E-state index >= 15 is 0 Å². The Bertz CT molecular complexity index is 5080. The predicted molar refractivity (Wildman–Crippen MR) is 382 cm³/mol. The molecule has 17 rings (SSSR count). The van der Waals surface area contributed by atoms with E-state index in [4.69, 9.17) is 0 Å². The summed E-state index contributed by atoms with van der Waals surface area (Å²) in [6, 6.07) is 99.7. The summed E-state index contributed by atoms with van der Waals surface area (Å²) in [5, 5.41) is 10.1. The van der Waals surface area contributed by atoms with Crippen LogP contribution in [0.4, 0.5) is 34.1 Å². The molecule has 2 heterocycles. The molecule has 0 unspecified atom stereocenters. The van der Waals surface area contributed by atoms with Crippen LogP contribution >= 0.6 is 22.7 Å². The molecule has 13 aromatic carbocycles. The molecule has 0 atom stereocenters. The van der Waals surface area contributed by atoms with E-state index in [1.54, 1.807) is 0 Å². The minimum Gasteiger partial charge on any atom is -0.310 e. The maximum Gasteiger partial charge on any atom is 0.0468 e. The predicted octanol–water partition coefficient (Wildman–Crippen LogP) is 24.6. The van der Waals surface area contributed by atoms with Crippen molar-refractivity contribution in [2.24, 2.45) is 0 Å². The first-order valence-electron chi connectivity index (χ1n) is 30.5. The second-order valence-electron chi connectivity index (χ2n) is 24.9. The molecule has 88 heavy (non-hydrogen) atoms. The van der Waals surface area contributed by atoms with Gasteiger partial charge in [-0.05, 0) is 185 Å². The molecule has 0 spiro atoms. The van der Waals surface area contributed by atoms with E-state index in [2.05, 4.69) is 329 Å². The molecule has 0 amide bonds. The van der Waals surface area contributed by atoms with Crippen molar-refractivity contribution in [3.05, 3.63) is 311 Å². The van der Waals surface area contributed by atoms with Crippen LogP contribution in [-0.4, -0.2) is 0 Å². The van der Waals surface area contributed by atoms with E-state index in [0.29, 0.717) is 0 Å². The molecule has 2 aliphatic carbocycles. The van der Waals surface area contributed by atoms with Crippen LogP contribution in [0.15, 0.2) is 267 Å². The number of hydrogen-bond acceptors (Lipinski definition) is 4. The molecule has 2 aromatic heterocycles. The highest BCUT2D eigenvalue weighted by Gasteiger charge is 2.38. The number of rotatable bonds is 10. The van der Waals surface area contributed by atoms with E-state index < -0.39 is 0 Å². The summed E-state index contributed by atoms with van der Waals surface area (Å²) in [6.07, 6.45) is 9.02. The smallest absolute Gasteiger partial charge is 0.0468 e. The second-order valence-corrected chi connectivity index (χ2v) is 27.1. The fourth-order valence-corrected chi connectivity index (χ4v) is 16.5. The molecule has 2 aliphatic rings. The topological polar surface area (TPSA) is 6.48 Å². The summed E-state index contributed by atoms with van der Waals surface area (Å²) in [5.74, 6) is 0. The van der Waals surface area contributed by atoms with Crippen molar-refractivity contribution < 1.29 is 0 Å². The molecule has 0 fully saturated rings. The Morgan fingerprint density at radius 1 is 0.250 bits per heavy atom. The van der Waals surface area contributed by atoms with Crippen molar-refractivity contribution in [1.29, 1.82) is 0 Å². The number of hydrogen-bond donors (Lipinski definition) is 0.